The van der Waals surface area contributed by atoms with E-state index in [0.717, 1.165) is 18.8 Å². The molecule has 0 aliphatic heterocycles. The average Bonchev–Trinajstić information content (AvgIpc) is 2.36. The lowest BCUT2D eigenvalue weighted by molar-refractivity contribution is 0.0527. The van der Waals surface area contributed by atoms with Gasteiger partial charge in [0, 0.05) is 13.1 Å². The fourth-order valence-electron chi connectivity index (χ4n) is 2.35. The van der Waals surface area contributed by atoms with Crippen LogP contribution >= 0.6 is 0 Å². The number of anilines is 2. The number of hydrogen-bond donors (Lipinski definition) is 2. The van der Waals surface area contributed by atoms with Gasteiger partial charge < -0.3 is 20.7 Å². The molecule has 0 aliphatic carbocycles. The first kappa shape index (κ1) is 17.3. The van der Waals surface area contributed by atoms with E-state index in [1.807, 2.05) is 12.1 Å². The Morgan fingerprint density at radius 2 is 2.05 bits per heavy atom. The number of nitrogens with one attached hydrogen (secondary N) is 1. The summed E-state index contributed by atoms with van der Waals surface area (Å²) in [7, 11) is 4.11. The molecule has 0 aliphatic rings. The zero-order chi connectivity index (χ0) is 16.0. The summed E-state index contributed by atoms with van der Waals surface area (Å²) < 4.78 is 5.01. The molecule has 0 spiro atoms. The molecule has 0 heterocycles. The van der Waals surface area contributed by atoms with Gasteiger partial charge in [-0.3, -0.25) is 0 Å². The topological polar surface area (TPSA) is 67.6 Å². The largest absolute Gasteiger partial charge is 0.462 e. The first-order valence-corrected chi connectivity index (χ1v) is 7.21. The maximum atomic E-state index is 11.8. The summed E-state index contributed by atoms with van der Waals surface area (Å²) in [6.07, 6.45) is 0. The SMILES string of the molecule is CCOC(=O)c1cccc(NCC(C)(C)CN(C)C)c1N. The van der Waals surface area contributed by atoms with Gasteiger partial charge in [0.25, 0.3) is 0 Å². The molecule has 1 aromatic carbocycles. The molecule has 0 unspecified atom stereocenters. The summed E-state index contributed by atoms with van der Waals surface area (Å²) in [5.41, 5.74) is 7.79. The fourth-order valence-corrected chi connectivity index (χ4v) is 2.35. The van der Waals surface area contributed by atoms with Crippen LogP contribution in [0.15, 0.2) is 18.2 Å². The van der Waals surface area contributed by atoms with Crippen LogP contribution in [0.1, 0.15) is 31.1 Å². The minimum atomic E-state index is -0.383. The predicted octanol–water partition coefficient (Wildman–Crippen LogP) is 2.45. The fraction of sp³-hybridized carbons (Fsp3) is 0.562. The summed E-state index contributed by atoms with van der Waals surface area (Å²) >= 11 is 0. The minimum Gasteiger partial charge on any atom is -0.462 e. The van der Waals surface area contributed by atoms with E-state index in [2.05, 4.69) is 38.2 Å². The molecule has 0 radical (unpaired) electrons. The number of benzene rings is 1. The van der Waals surface area contributed by atoms with E-state index in [-0.39, 0.29) is 11.4 Å². The lowest BCUT2D eigenvalue weighted by atomic mass is 9.92. The molecule has 0 amide bonds. The van der Waals surface area contributed by atoms with E-state index >= 15 is 0 Å². The van der Waals surface area contributed by atoms with Crippen molar-refractivity contribution in [1.29, 1.82) is 0 Å². The van der Waals surface area contributed by atoms with Crippen molar-refractivity contribution in [2.75, 3.05) is 44.8 Å². The van der Waals surface area contributed by atoms with Crippen LogP contribution in [0.25, 0.3) is 0 Å². The first-order chi connectivity index (χ1) is 9.76. The van der Waals surface area contributed by atoms with Crippen LogP contribution < -0.4 is 11.1 Å². The number of carbonyl (C=O) groups excluding carboxylic acids is 1. The van der Waals surface area contributed by atoms with Gasteiger partial charge in [0.1, 0.15) is 0 Å². The molecule has 0 atom stereocenters. The maximum absolute atomic E-state index is 11.8. The molecule has 0 fully saturated rings. The summed E-state index contributed by atoms with van der Waals surface area (Å²) in [5.74, 6) is -0.383. The van der Waals surface area contributed by atoms with Crippen LogP contribution in [0.4, 0.5) is 11.4 Å². The van der Waals surface area contributed by atoms with Crippen molar-refractivity contribution in [3.8, 4) is 0 Å². The summed E-state index contributed by atoms with van der Waals surface area (Å²) in [6, 6.07) is 5.37. The van der Waals surface area contributed by atoms with Crippen molar-refractivity contribution >= 4 is 17.3 Å². The Morgan fingerprint density at radius 1 is 1.38 bits per heavy atom. The van der Waals surface area contributed by atoms with E-state index in [9.17, 15) is 4.79 Å². The Balaban J connectivity index is 2.81. The molecule has 1 rings (SSSR count). The average molecular weight is 293 g/mol. The molecule has 0 aromatic heterocycles. The third-order valence-electron chi connectivity index (χ3n) is 3.10. The summed E-state index contributed by atoms with van der Waals surface area (Å²) in [5, 5.41) is 3.34. The molecule has 5 nitrogen and oxygen atoms in total. The van der Waals surface area contributed by atoms with Gasteiger partial charge in [0.05, 0.1) is 23.5 Å². The Labute approximate surface area is 127 Å². The zero-order valence-electron chi connectivity index (χ0n) is 13.7. The number of nitrogens with zero attached hydrogens (tertiary/aromatic N) is 1. The molecule has 5 heteroatoms. The molecule has 0 bridgehead atoms. The Kier molecular flexibility index (Phi) is 6.03. The molecule has 118 valence electrons. The second-order valence-corrected chi connectivity index (χ2v) is 6.24. The monoisotopic (exact) mass is 293 g/mol. The van der Waals surface area contributed by atoms with Crippen LogP contribution in [0.5, 0.6) is 0 Å². The van der Waals surface area contributed by atoms with E-state index in [0.29, 0.717) is 17.9 Å². The van der Waals surface area contributed by atoms with Crippen molar-refractivity contribution in [3.05, 3.63) is 23.8 Å². The molecule has 0 saturated carbocycles. The second-order valence-electron chi connectivity index (χ2n) is 6.24. The van der Waals surface area contributed by atoms with Crippen LogP contribution in [-0.2, 0) is 4.74 Å². The number of carbonyl (C=O) groups is 1. The van der Waals surface area contributed by atoms with Gasteiger partial charge in [0.2, 0.25) is 0 Å². The Bertz CT molecular complexity index is 484. The molecule has 1 aromatic rings. The number of rotatable bonds is 7. The highest BCUT2D eigenvalue weighted by molar-refractivity contribution is 5.98. The lowest BCUT2D eigenvalue weighted by Gasteiger charge is -2.29. The third-order valence-corrected chi connectivity index (χ3v) is 3.10. The van der Waals surface area contributed by atoms with Gasteiger partial charge >= 0.3 is 5.97 Å². The Morgan fingerprint density at radius 3 is 2.62 bits per heavy atom. The van der Waals surface area contributed by atoms with Gasteiger partial charge in [-0.1, -0.05) is 19.9 Å². The highest BCUT2D eigenvalue weighted by Crippen LogP contribution is 2.25. The molecular weight excluding hydrogens is 266 g/mol. The molecular formula is C16H27N3O2. The number of esters is 1. The van der Waals surface area contributed by atoms with E-state index in [1.165, 1.54) is 0 Å². The van der Waals surface area contributed by atoms with Gasteiger partial charge in [0.15, 0.2) is 0 Å². The molecule has 0 saturated heterocycles. The number of ether oxygens (including phenoxy) is 1. The van der Waals surface area contributed by atoms with Crippen molar-refractivity contribution in [2.24, 2.45) is 5.41 Å². The van der Waals surface area contributed by atoms with Crippen molar-refractivity contribution in [1.82, 2.24) is 4.90 Å². The van der Waals surface area contributed by atoms with E-state index in [4.69, 9.17) is 10.5 Å². The van der Waals surface area contributed by atoms with Crippen molar-refractivity contribution in [3.63, 3.8) is 0 Å². The normalized spacial score (nSPS) is 11.5. The highest BCUT2D eigenvalue weighted by Gasteiger charge is 2.20. The first-order valence-electron chi connectivity index (χ1n) is 7.21. The summed E-state index contributed by atoms with van der Waals surface area (Å²) in [6.45, 7) is 8.21. The second kappa shape index (κ2) is 7.31. The van der Waals surface area contributed by atoms with Gasteiger partial charge in [-0.05, 0) is 38.6 Å². The van der Waals surface area contributed by atoms with Crippen LogP contribution in [0.2, 0.25) is 0 Å². The minimum absolute atomic E-state index is 0.0931. The lowest BCUT2D eigenvalue weighted by Crippen LogP contribution is -2.34. The zero-order valence-corrected chi connectivity index (χ0v) is 13.7. The predicted molar refractivity (Wildman–Crippen MR) is 87.6 cm³/mol. The smallest absolute Gasteiger partial charge is 0.340 e. The number of hydrogen-bond acceptors (Lipinski definition) is 5. The Hall–Kier alpha value is -1.75. The van der Waals surface area contributed by atoms with Crippen LogP contribution in [0.3, 0.4) is 0 Å². The highest BCUT2D eigenvalue weighted by atomic mass is 16.5. The van der Waals surface area contributed by atoms with Crippen LogP contribution in [-0.4, -0.2) is 44.7 Å². The van der Waals surface area contributed by atoms with Crippen LogP contribution in [0, 0.1) is 5.41 Å². The van der Waals surface area contributed by atoms with Gasteiger partial charge in [-0.2, -0.15) is 0 Å². The number of nitrogens with two attached hydrogens (primary N) is 1. The standard InChI is InChI=1S/C16H27N3O2/c1-6-21-15(20)12-8-7-9-13(14(12)17)18-10-16(2,3)11-19(4)5/h7-9,18H,6,10-11,17H2,1-5H3. The van der Waals surface area contributed by atoms with E-state index in [1.54, 1.807) is 13.0 Å². The quantitative estimate of drug-likeness (QED) is 0.597. The van der Waals surface area contributed by atoms with Gasteiger partial charge in [-0.15, -0.1) is 0 Å². The summed E-state index contributed by atoms with van der Waals surface area (Å²) in [4.78, 5) is 14.0. The maximum Gasteiger partial charge on any atom is 0.340 e. The van der Waals surface area contributed by atoms with E-state index < -0.39 is 0 Å². The number of nitrogen functional groups attached to an aromatic ring is 1. The molecule has 21 heavy (non-hydrogen) atoms. The molecule has 3 N–H and O–H groups in total. The van der Waals surface area contributed by atoms with Crippen molar-refractivity contribution < 1.29 is 9.53 Å². The van der Waals surface area contributed by atoms with Crippen molar-refractivity contribution in [2.45, 2.75) is 20.8 Å². The number of para-hydroxylation sites is 1. The van der Waals surface area contributed by atoms with Gasteiger partial charge in [-0.25, -0.2) is 4.79 Å². The third kappa shape index (κ3) is 5.27.